The minimum atomic E-state index is -0.179. The summed E-state index contributed by atoms with van der Waals surface area (Å²) >= 11 is 0. The van der Waals surface area contributed by atoms with Gasteiger partial charge in [0.05, 0.1) is 18.8 Å². The zero-order chi connectivity index (χ0) is 27.2. The number of benzene rings is 1. The Kier molecular flexibility index (Phi) is 8.12. The van der Waals surface area contributed by atoms with E-state index in [4.69, 9.17) is 4.74 Å². The molecule has 2 N–H and O–H groups in total. The van der Waals surface area contributed by atoms with Crippen LogP contribution in [0.1, 0.15) is 122 Å². The van der Waals surface area contributed by atoms with Crippen molar-refractivity contribution in [3.05, 3.63) is 29.8 Å². The van der Waals surface area contributed by atoms with Crippen molar-refractivity contribution in [1.82, 2.24) is 4.90 Å². The average Bonchev–Trinajstić information content (AvgIpc) is 3.29. The molecule has 5 fully saturated rings. The van der Waals surface area contributed by atoms with Crippen molar-refractivity contribution in [3.8, 4) is 5.75 Å². The summed E-state index contributed by atoms with van der Waals surface area (Å²) in [5.74, 6) is 3.82. The Morgan fingerprint density at radius 3 is 2.59 bits per heavy atom. The third-order valence-corrected chi connectivity index (χ3v) is 13.2. The lowest BCUT2D eigenvalue weighted by Crippen LogP contribution is -2.55. The molecule has 5 aliphatic carbocycles. The molecule has 0 bridgehead atoms. The second kappa shape index (κ2) is 11.3. The normalized spacial score (nSPS) is 41.5. The van der Waals surface area contributed by atoms with Gasteiger partial charge in [0, 0.05) is 17.5 Å². The molecular weight excluding hydrogens is 482 g/mol. The fourth-order valence-corrected chi connectivity index (χ4v) is 10.8. The maximum atomic E-state index is 11.4. The summed E-state index contributed by atoms with van der Waals surface area (Å²) in [4.78, 5) is 2.58. The maximum Gasteiger partial charge on any atom is 0.119 e. The van der Waals surface area contributed by atoms with Gasteiger partial charge in [-0.05, 0) is 138 Å². The SMILES string of the molecule is C[C@H](c1cccc(OCC[C@]23CCC4C(CCC5C[C@@H](O)CC[C@@]54C)C2CC[C@@H]3O)c1)N(C)C1CCCCC1. The number of hydrogen-bond acceptors (Lipinski definition) is 4. The summed E-state index contributed by atoms with van der Waals surface area (Å²) in [6, 6.07) is 9.89. The van der Waals surface area contributed by atoms with E-state index < -0.39 is 0 Å². The van der Waals surface area contributed by atoms with Crippen molar-refractivity contribution in [3.63, 3.8) is 0 Å². The largest absolute Gasteiger partial charge is 0.494 e. The molecular formula is C35H55NO3. The van der Waals surface area contributed by atoms with E-state index in [1.165, 1.54) is 69.8 Å². The van der Waals surface area contributed by atoms with Crippen LogP contribution in [0.15, 0.2) is 24.3 Å². The Morgan fingerprint density at radius 2 is 1.77 bits per heavy atom. The lowest BCUT2D eigenvalue weighted by atomic mass is 9.44. The van der Waals surface area contributed by atoms with Crippen molar-refractivity contribution >= 4 is 0 Å². The second-order valence-corrected chi connectivity index (χ2v) is 14.8. The molecule has 4 nitrogen and oxygen atoms in total. The van der Waals surface area contributed by atoms with E-state index in [0.717, 1.165) is 49.7 Å². The van der Waals surface area contributed by atoms with Gasteiger partial charge in [-0.3, -0.25) is 4.90 Å². The van der Waals surface area contributed by atoms with E-state index in [9.17, 15) is 10.2 Å². The zero-order valence-corrected chi connectivity index (χ0v) is 25.0. The minimum Gasteiger partial charge on any atom is -0.494 e. The molecule has 5 aliphatic rings. The third kappa shape index (κ3) is 5.10. The molecule has 6 rings (SSSR count). The van der Waals surface area contributed by atoms with Crippen LogP contribution in [0.2, 0.25) is 0 Å². The standard InChI is InChI=1S/C35H55NO3/c1-24(36(3)27-9-5-4-6-10-27)25-8-7-11-29(22-25)39-21-20-35-19-17-31-30(32(35)14-15-33(35)38)13-12-26-23-28(37)16-18-34(26,31)2/h7-8,11,22,24,26-28,30-33,37-38H,4-6,9-10,12-21,23H2,1-3H3/t24-,26?,28+,30?,31?,32?,33+,34+,35-/m1/s1. The topological polar surface area (TPSA) is 52.9 Å². The summed E-state index contributed by atoms with van der Waals surface area (Å²) in [6.07, 6.45) is 17.8. The average molecular weight is 538 g/mol. The summed E-state index contributed by atoms with van der Waals surface area (Å²) < 4.78 is 6.47. The van der Waals surface area contributed by atoms with Gasteiger partial charge in [0.15, 0.2) is 0 Å². The van der Waals surface area contributed by atoms with Gasteiger partial charge in [-0.15, -0.1) is 0 Å². The van der Waals surface area contributed by atoms with Crippen LogP contribution in [0.3, 0.4) is 0 Å². The first kappa shape index (κ1) is 28.0. The number of nitrogens with zero attached hydrogens (tertiary/aromatic N) is 1. The quantitative estimate of drug-likeness (QED) is 0.378. The molecule has 39 heavy (non-hydrogen) atoms. The third-order valence-electron chi connectivity index (χ3n) is 13.2. The van der Waals surface area contributed by atoms with E-state index in [1.807, 2.05) is 0 Å². The van der Waals surface area contributed by atoms with Crippen molar-refractivity contribution in [2.75, 3.05) is 13.7 Å². The van der Waals surface area contributed by atoms with Gasteiger partial charge in [-0.1, -0.05) is 38.3 Å². The lowest BCUT2D eigenvalue weighted by Gasteiger charge is -2.61. The molecule has 0 radical (unpaired) electrons. The Hall–Kier alpha value is -1.10. The number of hydrogen-bond donors (Lipinski definition) is 2. The molecule has 9 atom stereocenters. The molecule has 4 unspecified atom stereocenters. The first-order valence-corrected chi connectivity index (χ1v) is 16.6. The van der Waals surface area contributed by atoms with Gasteiger partial charge >= 0.3 is 0 Å². The fourth-order valence-electron chi connectivity index (χ4n) is 10.8. The van der Waals surface area contributed by atoms with Crippen LogP contribution >= 0.6 is 0 Å². The molecule has 0 spiro atoms. The molecule has 1 aromatic rings. The lowest BCUT2D eigenvalue weighted by molar-refractivity contribution is -0.142. The molecule has 4 heteroatoms. The Morgan fingerprint density at radius 1 is 0.949 bits per heavy atom. The predicted octanol–water partition coefficient (Wildman–Crippen LogP) is 7.53. The molecule has 0 aromatic heterocycles. The Bertz CT molecular complexity index is 976. The molecule has 0 amide bonds. The van der Waals surface area contributed by atoms with Gasteiger partial charge in [-0.25, -0.2) is 0 Å². The van der Waals surface area contributed by atoms with Crippen molar-refractivity contribution < 1.29 is 14.9 Å². The minimum absolute atomic E-state index is 0.0324. The predicted molar refractivity (Wildman–Crippen MR) is 158 cm³/mol. The van der Waals surface area contributed by atoms with Crippen LogP contribution in [0.5, 0.6) is 5.75 Å². The van der Waals surface area contributed by atoms with Gasteiger partial charge in [0.25, 0.3) is 0 Å². The van der Waals surface area contributed by atoms with Gasteiger partial charge in [0.1, 0.15) is 5.75 Å². The number of fused-ring (bicyclic) bond motifs is 5. The second-order valence-electron chi connectivity index (χ2n) is 14.8. The molecule has 1 aromatic carbocycles. The smallest absolute Gasteiger partial charge is 0.119 e. The van der Waals surface area contributed by atoms with E-state index in [0.29, 0.717) is 35.9 Å². The summed E-state index contributed by atoms with van der Waals surface area (Å²) in [7, 11) is 2.30. The molecule has 5 saturated carbocycles. The summed E-state index contributed by atoms with van der Waals surface area (Å²) in [6.45, 7) is 5.60. The summed E-state index contributed by atoms with van der Waals surface area (Å²) in [5, 5.41) is 21.8. The van der Waals surface area contributed by atoms with E-state index in [1.54, 1.807) is 0 Å². The van der Waals surface area contributed by atoms with Crippen LogP contribution < -0.4 is 4.74 Å². The maximum absolute atomic E-state index is 11.4. The number of aliphatic hydroxyl groups excluding tert-OH is 2. The highest BCUT2D eigenvalue weighted by Gasteiger charge is 2.61. The number of ether oxygens (including phenoxy) is 1. The van der Waals surface area contributed by atoms with Crippen LogP contribution in [0.4, 0.5) is 0 Å². The zero-order valence-electron chi connectivity index (χ0n) is 25.0. The van der Waals surface area contributed by atoms with E-state index in [-0.39, 0.29) is 17.6 Å². The van der Waals surface area contributed by atoms with Crippen LogP contribution in [0.25, 0.3) is 0 Å². The summed E-state index contributed by atoms with van der Waals surface area (Å²) in [5.41, 5.74) is 1.77. The monoisotopic (exact) mass is 537 g/mol. The van der Waals surface area contributed by atoms with E-state index >= 15 is 0 Å². The van der Waals surface area contributed by atoms with E-state index in [2.05, 4.69) is 50.1 Å². The highest BCUT2D eigenvalue weighted by atomic mass is 16.5. The molecule has 218 valence electrons. The van der Waals surface area contributed by atoms with Crippen molar-refractivity contribution in [2.45, 2.75) is 134 Å². The Labute approximate surface area is 237 Å². The highest BCUT2D eigenvalue weighted by Crippen LogP contribution is 2.67. The number of aliphatic hydroxyl groups is 2. The molecule has 0 aliphatic heterocycles. The van der Waals surface area contributed by atoms with Gasteiger partial charge < -0.3 is 14.9 Å². The number of rotatable bonds is 7. The van der Waals surface area contributed by atoms with Crippen LogP contribution in [-0.4, -0.2) is 47.0 Å². The van der Waals surface area contributed by atoms with Crippen LogP contribution in [-0.2, 0) is 0 Å². The first-order chi connectivity index (χ1) is 18.8. The Balaban J connectivity index is 1.10. The van der Waals surface area contributed by atoms with Gasteiger partial charge in [0.2, 0.25) is 0 Å². The molecule has 0 heterocycles. The van der Waals surface area contributed by atoms with Crippen LogP contribution in [0, 0.1) is 34.5 Å². The first-order valence-electron chi connectivity index (χ1n) is 16.6. The molecule has 0 saturated heterocycles. The fraction of sp³-hybridized carbons (Fsp3) is 0.829. The highest BCUT2D eigenvalue weighted by molar-refractivity contribution is 5.30. The van der Waals surface area contributed by atoms with Crippen molar-refractivity contribution in [2.24, 2.45) is 34.5 Å². The van der Waals surface area contributed by atoms with Gasteiger partial charge in [-0.2, -0.15) is 0 Å². The van der Waals surface area contributed by atoms with Crippen molar-refractivity contribution in [1.29, 1.82) is 0 Å².